The van der Waals surface area contributed by atoms with Crippen molar-refractivity contribution >= 4 is 17.1 Å². The van der Waals surface area contributed by atoms with Crippen molar-refractivity contribution in [2.45, 2.75) is 70.6 Å². The normalized spacial score (nSPS) is 21.5. The highest BCUT2D eigenvalue weighted by Gasteiger charge is 2.26. The van der Waals surface area contributed by atoms with E-state index in [0.717, 1.165) is 86.8 Å². The summed E-state index contributed by atoms with van der Waals surface area (Å²) in [6, 6.07) is 0. The highest BCUT2D eigenvalue weighted by molar-refractivity contribution is 7.13. The number of hydrogen-bond donors (Lipinski definition) is 0. The summed E-state index contributed by atoms with van der Waals surface area (Å²) in [6.45, 7) is 3.14. The molecular weight excluding hydrogens is 477 g/mol. The van der Waals surface area contributed by atoms with Crippen LogP contribution in [0.4, 0.5) is 13.2 Å². The van der Waals surface area contributed by atoms with Gasteiger partial charge in [0.05, 0.1) is 11.9 Å². The van der Waals surface area contributed by atoms with Crippen LogP contribution in [0.2, 0.25) is 0 Å². The Balaban J connectivity index is 1.14. The molecule has 3 heterocycles. The molecule has 10 heteroatoms. The van der Waals surface area contributed by atoms with E-state index in [9.17, 15) is 18.0 Å². The molecule has 2 aromatic rings. The van der Waals surface area contributed by atoms with Crippen LogP contribution in [0.5, 0.6) is 5.19 Å². The summed E-state index contributed by atoms with van der Waals surface area (Å²) in [5.41, 5.74) is 1.38. The number of aryl methyl sites for hydroxylation is 1. The van der Waals surface area contributed by atoms with Crippen LogP contribution in [0.25, 0.3) is 0 Å². The first-order valence-electron chi connectivity index (χ1n) is 12.6. The molecule has 2 aromatic heterocycles. The van der Waals surface area contributed by atoms with E-state index in [1.54, 1.807) is 0 Å². The lowest BCUT2D eigenvalue weighted by molar-refractivity contribution is -0.119. The van der Waals surface area contributed by atoms with E-state index >= 15 is 0 Å². The Bertz CT molecular complexity index is 970. The van der Waals surface area contributed by atoms with E-state index in [-0.39, 0.29) is 12.2 Å². The predicted molar refractivity (Wildman–Crippen MR) is 129 cm³/mol. The van der Waals surface area contributed by atoms with Crippen molar-refractivity contribution < 1.29 is 22.7 Å². The van der Waals surface area contributed by atoms with Crippen LogP contribution in [-0.4, -0.2) is 57.6 Å². The third-order valence-corrected chi connectivity index (χ3v) is 8.26. The molecule has 0 unspecified atom stereocenters. The van der Waals surface area contributed by atoms with Crippen molar-refractivity contribution in [2.24, 2.45) is 18.9 Å². The number of carbonyl (C=O) groups excluding carboxylic acids is 1. The summed E-state index contributed by atoms with van der Waals surface area (Å²) >= 11 is 1.40. The smallest absolute Gasteiger partial charge is 0.278 e. The van der Waals surface area contributed by atoms with E-state index in [2.05, 4.69) is 15.0 Å². The lowest BCUT2D eigenvalue weighted by Crippen LogP contribution is -2.30. The van der Waals surface area contributed by atoms with E-state index < -0.39 is 18.5 Å². The van der Waals surface area contributed by atoms with Crippen LogP contribution < -0.4 is 4.74 Å². The van der Waals surface area contributed by atoms with Crippen molar-refractivity contribution in [1.82, 2.24) is 19.7 Å². The molecule has 0 radical (unpaired) electrons. The molecule has 0 N–H and O–H groups in total. The number of thiazole rings is 1. The average Bonchev–Trinajstić information content (AvgIpc) is 3.28. The maximum absolute atomic E-state index is 13.9. The summed E-state index contributed by atoms with van der Waals surface area (Å²) in [5, 5.41) is 4.22. The predicted octanol–water partition coefficient (Wildman–Crippen LogP) is 4.85. The van der Waals surface area contributed by atoms with Gasteiger partial charge in [0.25, 0.3) is 11.1 Å². The number of halogens is 3. The fourth-order valence-corrected chi connectivity index (χ4v) is 6.09. The van der Waals surface area contributed by atoms with Crippen molar-refractivity contribution in [3.05, 3.63) is 28.3 Å². The van der Waals surface area contributed by atoms with Crippen molar-refractivity contribution in [3.8, 4) is 5.19 Å². The molecule has 194 valence electrons. The van der Waals surface area contributed by atoms with Gasteiger partial charge in [0.1, 0.15) is 5.78 Å². The van der Waals surface area contributed by atoms with Crippen LogP contribution in [0, 0.1) is 17.8 Å². The highest BCUT2D eigenvalue weighted by atomic mass is 32.1. The zero-order chi connectivity index (χ0) is 25.0. The van der Waals surface area contributed by atoms with Crippen molar-refractivity contribution in [3.63, 3.8) is 0 Å². The Kier molecular flexibility index (Phi) is 8.52. The van der Waals surface area contributed by atoms with Crippen molar-refractivity contribution in [1.29, 1.82) is 0 Å². The highest BCUT2D eigenvalue weighted by Crippen LogP contribution is 2.34. The SMILES string of the molecule is Cn1ncc(CC(=O)CC2CCC(CCN3CCc4nc(OCC(C)(F)F)sc4CC3)CC2)c1F. The maximum atomic E-state index is 13.9. The van der Waals surface area contributed by atoms with Gasteiger partial charge in [0.15, 0.2) is 6.61 Å². The lowest BCUT2D eigenvalue weighted by atomic mass is 9.78. The summed E-state index contributed by atoms with van der Waals surface area (Å²) in [5.74, 6) is -2.08. The van der Waals surface area contributed by atoms with Crippen molar-refractivity contribution in [2.75, 3.05) is 26.2 Å². The second kappa shape index (κ2) is 11.4. The Morgan fingerprint density at radius 3 is 2.60 bits per heavy atom. The summed E-state index contributed by atoms with van der Waals surface area (Å²) in [7, 11) is 1.54. The second-order valence-electron chi connectivity index (χ2n) is 10.2. The minimum atomic E-state index is -2.85. The molecule has 1 saturated carbocycles. The molecule has 4 rings (SSSR count). The van der Waals surface area contributed by atoms with Crippen LogP contribution in [0.1, 0.15) is 61.6 Å². The Hall–Kier alpha value is -1.94. The maximum Gasteiger partial charge on any atom is 0.278 e. The third kappa shape index (κ3) is 7.52. The van der Waals surface area contributed by atoms with E-state index in [1.807, 2.05) is 0 Å². The number of fused-ring (bicyclic) bond motifs is 1. The van der Waals surface area contributed by atoms with Crippen LogP contribution in [-0.2, 0) is 31.1 Å². The van der Waals surface area contributed by atoms with Gasteiger partial charge >= 0.3 is 0 Å². The first-order valence-corrected chi connectivity index (χ1v) is 13.4. The Morgan fingerprint density at radius 1 is 1.20 bits per heavy atom. The van der Waals surface area contributed by atoms with Gasteiger partial charge in [-0.2, -0.15) is 9.49 Å². The molecule has 0 spiro atoms. The summed E-state index contributed by atoms with van der Waals surface area (Å²) < 4.78 is 46.3. The standard InChI is InChI=1S/C25H35F3N4O2S/c1-25(27,28)16-34-24-30-21-8-11-32(12-9-22(21)35-24)10-7-17-3-5-18(6-4-17)13-20(33)14-19-15-29-31(2)23(19)26/h15,17-18H,3-14,16H2,1-2H3. The molecule has 0 saturated heterocycles. The number of Topliss-reactive ketones (excluding diaryl/α,β-unsaturated/α-hetero) is 1. The number of hydrogen-bond acceptors (Lipinski definition) is 6. The van der Waals surface area contributed by atoms with Gasteiger partial charge in [0, 0.05) is 56.8 Å². The number of aromatic nitrogens is 3. The fourth-order valence-electron chi connectivity index (χ4n) is 5.14. The van der Waals surface area contributed by atoms with E-state index in [4.69, 9.17) is 4.74 Å². The summed E-state index contributed by atoms with van der Waals surface area (Å²) in [6.07, 6.45) is 9.38. The van der Waals surface area contributed by atoms with Gasteiger partial charge in [-0.3, -0.25) is 4.79 Å². The van der Waals surface area contributed by atoms with Gasteiger partial charge in [-0.25, -0.2) is 18.4 Å². The molecular formula is C25H35F3N4O2S. The van der Waals surface area contributed by atoms with Gasteiger partial charge in [-0.15, -0.1) is 0 Å². The minimum Gasteiger partial charge on any atom is -0.464 e. The largest absolute Gasteiger partial charge is 0.464 e. The van der Waals surface area contributed by atoms with E-state index in [1.165, 1.54) is 24.6 Å². The Labute approximate surface area is 208 Å². The van der Waals surface area contributed by atoms with Gasteiger partial charge in [0.2, 0.25) is 5.95 Å². The molecule has 0 aromatic carbocycles. The molecule has 6 nitrogen and oxygen atoms in total. The third-order valence-electron chi connectivity index (χ3n) is 7.19. The van der Waals surface area contributed by atoms with Gasteiger partial charge in [-0.1, -0.05) is 24.2 Å². The second-order valence-corrected chi connectivity index (χ2v) is 11.3. The van der Waals surface area contributed by atoms with Crippen LogP contribution >= 0.6 is 11.3 Å². The number of alkyl halides is 2. The molecule has 1 aliphatic carbocycles. The molecule has 0 amide bonds. The quantitative estimate of drug-likeness (QED) is 0.456. The molecule has 1 fully saturated rings. The number of rotatable bonds is 10. The Morgan fingerprint density at radius 2 is 1.91 bits per heavy atom. The number of ether oxygens (including phenoxy) is 1. The van der Waals surface area contributed by atoms with Gasteiger partial charge < -0.3 is 9.64 Å². The van der Waals surface area contributed by atoms with Crippen LogP contribution in [0.15, 0.2) is 6.20 Å². The first-order chi connectivity index (χ1) is 16.7. The molecule has 0 atom stereocenters. The topological polar surface area (TPSA) is 60.2 Å². The van der Waals surface area contributed by atoms with E-state index in [0.29, 0.717) is 29.0 Å². The fraction of sp³-hybridized carbons (Fsp3) is 0.720. The van der Waals surface area contributed by atoms with Crippen LogP contribution in [0.3, 0.4) is 0 Å². The molecule has 2 aliphatic rings. The number of ketones is 1. The number of nitrogens with zero attached hydrogens (tertiary/aromatic N) is 4. The minimum absolute atomic E-state index is 0.1000. The zero-order valence-corrected chi connectivity index (χ0v) is 21.4. The number of carbonyl (C=O) groups is 1. The monoisotopic (exact) mass is 512 g/mol. The lowest BCUT2D eigenvalue weighted by Gasteiger charge is -2.30. The average molecular weight is 513 g/mol. The molecule has 35 heavy (non-hydrogen) atoms. The summed E-state index contributed by atoms with van der Waals surface area (Å²) in [4.78, 5) is 20.5. The molecule has 0 bridgehead atoms. The zero-order valence-electron chi connectivity index (χ0n) is 20.6. The first kappa shape index (κ1) is 26.1. The molecule has 1 aliphatic heterocycles. The van der Waals surface area contributed by atoms with Gasteiger partial charge in [-0.05, 0) is 44.1 Å².